The standard InChI is InChI=1S/C22H15Cl2F3N2O2S/c23-14-7-8-18(19(24)10-14)21(31)29-16-5-2-6-17(11-16)32-12-20(30)28-15-4-1-3-13(9-15)22(25,26)27/h1-11H,12H2,(H,28,30)(H,29,31). The molecule has 0 aliphatic heterocycles. The maximum absolute atomic E-state index is 12.8. The summed E-state index contributed by atoms with van der Waals surface area (Å²) in [5.74, 6) is -0.913. The Morgan fingerprint density at radius 1 is 0.875 bits per heavy atom. The van der Waals surface area contributed by atoms with E-state index in [0.717, 1.165) is 12.1 Å². The van der Waals surface area contributed by atoms with Crippen molar-refractivity contribution in [2.24, 2.45) is 0 Å². The quantitative estimate of drug-likeness (QED) is 0.360. The van der Waals surface area contributed by atoms with Crippen LogP contribution in [0.3, 0.4) is 0 Å². The number of anilines is 2. The molecule has 0 spiro atoms. The monoisotopic (exact) mass is 498 g/mol. The van der Waals surface area contributed by atoms with E-state index in [9.17, 15) is 22.8 Å². The van der Waals surface area contributed by atoms with E-state index in [1.807, 2.05) is 0 Å². The maximum atomic E-state index is 12.8. The molecule has 0 heterocycles. The van der Waals surface area contributed by atoms with Crippen molar-refractivity contribution in [3.05, 3.63) is 87.9 Å². The van der Waals surface area contributed by atoms with Gasteiger partial charge >= 0.3 is 6.18 Å². The Balaban J connectivity index is 1.59. The third-order valence-corrected chi connectivity index (χ3v) is 5.65. The molecule has 0 aliphatic rings. The normalized spacial score (nSPS) is 11.2. The molecule has 4 nitrogen and oxygen atoms in total. The predicted molar refractivity (Wildman–Crippen MR) is 122 cm³/mol. The highest BCUT2D eigenvalue weighted by atomic mass is 35.5. The van der Waals surface area contributed by atoms with Crippen LogP contribution in [0.5, 0.6) is 0 Å². The number of hydrogen-bond acceptors (Lipinski definition) is 3. The SMILES string of the molecule is O=C(CSc1cccc(NC(=O)c2ccc(Cl)cc2Cl)c1)Nc1cccc(C(F)(F)F)c1. The van der Waals surface area contributed by atoms with E-state index >= 15 is 0 Å². The van der Waals surface area contributed by atoms with Crippen molar-refractivity contribution >= 4 is 58.2 Å². The number of benzene rings is 3. The highest BCUT2D eigenvalue weighted by Gasteiger charge is 2.30. The van der Waals surface area contributed by atoms with E-state index in [-0.39, 0.29) is 22.0 Å². The predicted octanol–water partition coefficient (Wildman–Crippen LogP) is 7.00. The summed E-state index contributed by atoms with van der Waals surface area (Å²) in [6.07, 6.45) is -4.49. The minimum absolute atomic E-state index is 0.0311. The topological polar surface area (TPSA) is 58.2 Å². The number of carbonyl (C=O) groups is 2. The first-order valence-corrected chi connectivity index (χ1v) is 10.8. The molecule has 0 unspecified atom stereocenters. The van der Waals surface area contributed by atoms with Crippen molar-refractivity contribution in [2.75, 3.05) is 16.4 Å². The third kappa shape index (κ3) is 6.66. The Hall–Kier alpha value is -2.68. The fourth-order valence-corrected chi connectivity index (χ4v) is 3.90. The zero-order valence-electron chi connectivity index (χ0n) is 16.2. The first-order valence-electron chi connectivity index (χ1n) is 9.08. The molecule has 2 N–H and O–H groups in total. The van der Waals surface area contributed by atoms with Gasteiger partial charge in [-0.3, -0.25) is 9.59 Å². The molecule has 10 heteroatoms. The number of rotatable bonds is 6. The minimum atomic E-state index is -4.49. The molecule has 0 radical (unpaired) electrons. The number of thioether (sulfide) groups is 1. The van der Waals surface area contributed by atoms with Crippen LogP contribution in [0.2, 0.25) is 10.0 Å². The van der Waals surface area contributed by atoms with Crippen LogP contribution in [0.15, 0.2) is 71.6 Å². The summed E-state index contributed by atoms with van der Waals surface area (Å²) < 4.78 is 38.4. The van der Waals surface area contributed by atoms with Gasteiger partial charge in [0, 0.05) is 21.3 Å². The highest BCUT2D eigenvalue weighted by molar-refractivity contribution is 8.00. The summed E-state index contributed by atoms with van der Waals surface area (Å²) >= 11 is 13.1. The first kappa shape index (κ1) is 24.0. The van der Waals surface area contributed by atoms with Crippen LogP contribution >= 0.6 is 35.0 Å². The fourth-order valence-electron chi connectivity index (χ4n) is 2.65. The average Bonchev–Trinajstić information content (AvgIpc) is 2.72. The second kappa shape index (κ2) is 10.3. The summed E-state index contributed by atoms with van der Waals surface area (Å²) in [4.78, 5) is 25.3. The number of nitrogens with one attached hydrogen (secondary N) is 2. The summed E-state index contributed by atoms with van der Waals surface area (Å²) in [6, 6.07) is 15.7. The molecule has 3 rings (SSSR count). The summed E-state index contributed by atoms with van der Waals surface area (Å²) in [6.45, 7) is 0. The lowest BCUT2D eigenvalue weighted by molar-refractivity contribution is -0.137. The Morgan fingerprint density at radius 2 is 1.56 bits per heavy atom. The van der Waals surface area contributed by atoms with E-state index in [1.165, 1.54) is 36.0 Å². The van der Waals surface area contributed by atoms with Crippen LogP contribution in [0.4, 0.5) is 24.5 Å². The Morgan fingerprint density at radius 3 is 2.25 bits per heavy atom. The van der Waals surface area contributed by atoms with E-state index < -0.39 is 23.6 Å². The number of halogens is 5. The number of carbonyl (C=O) groups excluding carboxylic acids is 2. The lowest BCUT2D eigenvalue weighted by Crippen LogP contribution is -2.15. The van der Waals surface area contributed by atoms with E-state index in [0.29, 0.717) is 15.6 Å². The van der Waals surface area contributed by atoms with Crippen LogP contribution in [-0.2, 0) is 11.0 Å². The van der Waals surface area contributed by atoms with Crippen molar-refractivity contribution in [2.45, 2.75) is 11.1 Å². The van der Waals surface area contributed by atoms with Gasteiger partial charge in [-0.15, -0.1) is 11.8 Å². The second-order valence-electron chi connectivity index (χ2n) is 6.52. The van der Waals surface area contributed by atoms with E-state index in [2.05, 4.69) is 10.6 Å². The molecule has 0 saturated carbocycles. The van der Waals surface area contributed by atoms with Gasteiger partial charge in [0.2, 0.25) is 5.91 Å². The molecule has 0 atom stereocenters. The van der Waals surface area contributed by atoms with Crippen LogP contribution in [0, 0.1) is 0 Å². The molecule has 32 heavy (non-hydrogen) atoms. The maximum Gasteiger partial charge on any atom is 0.416 e. The van der Waals surface area contributed by atoms with Crippen LogP contribution in [0.1, 0.15) is 15.9 Å². The fraction of sp³-hybridized carbons (Fsp3) is 0.0909. The lowest BCUT2D eigenvalue weighted by atomic mass is 10.2. The third-order valence-electron chi connectivity index (χ3n) is 4.11. The molecule has 0 bridgehead atoms. The van der Waals surface area contributed by atoms with Gasteiger partial charge in [0.15, 0.2) is 0 Å². The summed E-state index contributed by atoms with van der Waals surface area (Å²) in [5.41, 5.74) is -0.0302. The molecule has 0 saturated heterocycles. The van der Waals surface area contributed by atoms with Crippen molar-refractivity contribution < 1.29 is 22.8 Å². The van der Waals surface area contributed by atoms with Gasteiger partial charge in [0.25, 0.3) is 5.91 Å². The Bertz CT molecular complexity index is 1160. The summed E-state index contributed by atoms with van der Waals surface area (Å²) in [7, 11) is 0. The lowest BCUT2D eigenvalue weighted by Gasteiger charge is -2.10. The number of hydrogen-bond donors (Lipinski definition) is 2. The Labute approximate surface area is 196 Å². The van der Waals surface area contributed by atoms with E-state index in [4.69, 9.17) is 23.2 Å². The average molecular weight is 499 g/mol. The molecule has 3 aromatic carbocycles. The molecule has 0 aliphatic carbocycles. The van der Waals surface area contributed by atoms with Gasteiger partial charge in [-0.1, -0.05) is 35.3 Å². The zero-order chi connectivity index (χ0) is 23.3. The second-order valence-corrected chi connectivity index (χ2v) is 8.41. The van der Waals surface area contributed by atoms with Crippen molar-refractivity contribution in [3.8, 4) is 0 Å². The highest BCUT2D eigenvalue weighted by Crippen LogP contribution is 2.31. The number of amides is 2. The van der Waals surface area contributed by atoms with Crippen LogP contribution in [0.25, 0.3) is 0 Å². The van der Waals surface area contributed by atoms with Crippen molar-refractivity contribution in [1.29, 1.82) is 0 Å². The van der Waals surface area contributed by atoms with Gasteiger partial charge in [0.1, 0.15) is 0 Å². The van der Waals surface area contributed by atoms with Crippen LogP contribution in [-0.4, -0.2) is 17.6 Å². The minimum Gasteiger partial charge on any atom is -0.325 e. The van der Waals surface area contributed by atoms with Crippen LogP contribution < -0.4 is 10.6 Å². The van der Waals surface area contributed by atoms with Gasteiger partial charge in [-0.2, -0.15) is 13.2 Å². The number of alkyl halides is 3. The summed E-state index contributed by atoms with van der Waals surface area (Å²) in [5, 5.41) is 5.79. The molecule has 166 valence electrons. The zero-order valence-corrected chi connectivity index (χ0v) is 18.5. The molecule has 3 aromatic rings. The molecule has 2 amide bonds. The van der Waals surface area contributed by atoms with Gasteiger partial charge in [-0.05, 0) is 54.6 Å². The van der Waals surface area contributed by atoms with Crippen molar-refractivity contribution in [1.82, 2.24) is 0 Å². The molecule has 0 aromatic heterocycles. The largest absolute Gasteiger partial charge is 0.416 e. The van der Waals surface area contributed by atoms with Crippen molar-refractivity contribution in [3.63, 3.8) is 0 Å². The Kier molecular flexibility index (Phi) is 7.71. The van der Waals surface area contributed by atoms with E-state index in [1.54, 1.807) is 30.3 Å². The van der Waals surface area contributed by atoms with Gasteiger partial charge in [0.05, 0.1) is 21.9 Å². The molecule has 0 fully saturated rings. The first-order chi connectivity index (χ1) is 15.1. The molecular formula is C22H15Cl2F3N2O2S. The van der Waals surface area contributed by atoms with Gasteiger partial charge < -0.3 is 10.6 Å². The molecular weight excluding hydrogens is 484 g/mol. The smallest absolute Gasteiger partial charge is 0.325 e. The van der Waals surface area contributed by atoms with Gasteiger partial charge in [-0.25, -0.2) is 0 Å².